The molecule has 2 aromatic rings. The summed E-state index contributed by atoms with van der Waals surface area (Å²) in [5, 5.41) is 5.53. The zero-order valence-corrected chi connectivity index (χ0v) is 14.5. The Kier molecular flexibility index (Phi) is 3.07. The van der Waals surface area contributed by atoms with E-state index in [1.54, 1.807) is 0 Å². The van der Waals surface area contributed by atoms with Crippen LogP contribution >= 0.6 is 11.6 Å². The van der Waals surface area contributed by atoms with Gasteiger partial charge in [-0.3, -0.25) is 4.79 Å². The van der Waals surface area contributed by atoms with Crippen molar-refractivity contribution in [3.8, 4) is 0 Å². The number of amides is 1. The quantitative estimate of drug-likeness (QED) is 0.733. The van der Waals surface area contributed by atoms with Gasteiger partial charge in [0, 0.05) is 15.9 Å². The first kappa shape index (κ1) is 14.8. The first-order valence-corrected chi connectivity index (χ1v) is 9.41. The fraction of sp³-hybridized carbons (Fsp3) is 0.476. The van der Waals surface area contributed by atoms with Crippen molar-refractivity contribution < 1.29 is 4.79 Å². The van der Waals surface area contributed by atoms with E-state index in [9.17, 15) is 4.79 Å². The molecule has 24 heavy (non-hydrogen) atoms. The number of rotatable bonds is 2. The van der Waals surface area contributed by atoms with Gasteiger partial charge in [-0.05, 0) is 61.8 Å². The van der Waals surface area contributed by atoms with Gasteiger partial charge in [-0.2, -0.15) is 0 Å². The molecular weight excluding hydrogens is 318 g/mol. The molecule has 0 saturated heterocycles. The summed E-state index contributed by atoms with van der Waals surface area (Å²) in [4.78, 5) is 13.2. The van der Waals surface area contributed by atoms with E-state index in [2.05, 4.69) is 23.5 Å². The second-order valence-corrected chi connectivity index (χ2v) is 9.17. The minimum Gasteiger partial charge on any atom is -0.325 e. The maximum Gasteiger partial charge on any atom is 0.230 e. The highest BCUT2D eigenvalue weighted by Gasteiger charge is 2.60. The molecular formula is C21H22ClNO. The third-order valence-electron chi connectivity index (χ3n) is 6.51. The van der Waals surface area contributed by atoms with Gasteiger partial charge in [0.05, 0.1) is 5.41 Å². The van der Waals surface area contributed by atoms with Gasteiger partial charge >= 0.3 is 0 Å². The Labute approximate surface area is 147 Å². The van der Waals surface area contributed by atoms with Gasteiger partial charge in [0.25, 0.3) is 0 Å². The van der Waals surface area contributed by atoms with Crippen molar-refractivity contribution in [3.63, 3.8) is 0 Å². The lowest BCUT2D eigenvalue weighted by atomic mass is 9.49. The van der Waals surface area contributed by atoms with Gasteiger partial charge in [0.1, 0.15) is 0 Å². The standard InChI is InChI=1S/C21H22ClNO/c22-21-11-14-8-15(12-21)10-20(9-14,13-21)19(24)23-18-7-3-5-16-4-1-2-6-17(16)18/h1-7,14-15H,8-13H2,(H,23,24). The number of nitrogens with one attached hydrogen (secondary N) is 1. The molecule has 0 radical (unpaired) electrons. The van der Waals surface area contributed by atoms with E-state index in [1.807, 2.05) is 24.3 Å². The number of hydrogen-bond donors (Lipinski definition) is 1. The highest BCUT2D eigenvalue weighted by Crippen LogP contribution is 2.64. The van der Waals surface area contributed by atoms with Crippen LogP contribution in [0.3, 0.4) is 0 Å². The topological polar surface area (TPSA) is 29.1 Å². The summed E-state index contributed by atoms with van der Waals surface area (Å²) >= 11 is 6.88. The largest absolute Gasteiger partial charge is 0.325 e. The summed E-state index contributed by atoms with van der Waals surface area (Å²) in [6.45, 7) is 0. The summed E-state index contributed by atoms with van der Waals surface area (Å²) in [6, 6.07) is 14.3. The highest BCUT2D eigenvalue weighted by molar-refractivity contribution is 6.24. The summed E-state index contributed by atoms with van der Waals surface area (Å²) < 4.78 is 0. The lowest BCUT2D eigenvalue weighted by Crippen LogP contribution is -2.57. The monoisotopic (exact) mass is 339 g/mol. The minimum absolute atomic E-state index is 0.125. The van der Waals surface area contributed by atoms with Crippen LogP contribution < -0.4 is 5.32 Å². The van der Waals surface area contributed by atoms with Crippen molar-refractivity contribution in [2.24, 2.45) is 17.3 Å². The van der Waals surface area contributed by atoms with Crippen LogP contribution in [0, 0.1) is 17.3 Å². The van der Waals surface area contributed by atoms with Crippen molar-refractivity contribution in [2.45, 2.75) is 43.4 Å². The Morgan fingerprint density at radius 3 is 2.46 bits per heavy atom. The fourth-order valence-electron chi connectivity index (χ4n) is 6.01. The predicted molar refractivity (Wildman–Crippen MR) is 98.3 cm³/mol. The molecule has 124 valence electrons. The van der Waals surface area contributed by atoms with Crippen LogP contribution in [0.2, 0.25) is 0 Å². The van der Waals surface area contributed by atoms with Crippen molar-refractivity contribution in [1.29, 1.82) is 0 Å². The molecule has 1 N–H and O–H groups in total. The van der Waals surface area contributed by atoms with Crippen LogP contribution in [0.1, 0.15) is 38.5 Å². The highest BCUT2D eigenvalue weighted by atomic mass is 35.5. The number of carbonyl (C=O) groups is 1. The van der Waals surface area contributed by atoms with E-state index in [0.29, 0.717) is 11.8 Å². The Morgan fingerprint density at radius 2 is 1.71 bits per heavy atom. The molecule has 6 rings (SSSR count). The molecule has 2 nitrogen and oxygen atoms in total. The lowest BCUT2D eigenvalue weighted by molar-refractivity contribution is -0.138. The average molecular weight is 340 g/mol. The number of hydrogen-bond acceptors (Lipinski definition) is 1. The number of benzene rings is 2. The molecule has 0 heterocycles. The summed E-state index contributed by atoms with van der Waals surface area (Å²) in [5.41, 5.74) is 0.681. The molecule has 2 atom stereocenters. The van der Waals surface area contributed by atoms with Crippen LogP contribution in [0.4, 0.5) is 5.69 Å². The SMILES string of the molecule is O=C(Nc1cccc2ccccc12)C12CC3CC(CC(Cl)(C3)C1)C2. The van der Waals surface area contributed by atoms with E-state index in [-0.39, 0.29) is 16.2 Å². The predicted octanol–water partition coefficient (Wildman–Crippen LogP) is 5.36. The second-order valence-electron chi connectivity index (χ2n) is 8.37. The molecule has 1 amide bonds. The van der Waals surface area contributed by atoms with Crippen LogP contribution in [-0.4, -0.2) is 10.8 Å². The van der Waals surface area contributed by atoms with Gasteiger partial charge in [-0.15, -0.1) is 11.6 Å². The zero-order chi connectivity index (χ0) is 16.4. The Hall–Kier alpha value is -1.54. The summed E-state index contributed by atoms with van der Waals surface area (Å²) in [6.07, 6.45) is 6.38. The molecule has 4 aliphatic carbocycles. The summed E-state index contributed by atoms with van der Waals surface area (Å²) in [7, 11) is 0. The molecule has 4 fully saturated rings. The molecule has 2 unspecified atom stereocenters. The van der Waals surface area contributed by atoms with E-state index < -0.39 is 0 Å². The number of alkyl halides is 1. The van der Waals surface area contributed by atoms with Crippen LogP contribution in [0.25, 0.3) is 10.8 Å². The second kappa shape index (κ2) is 4.98. The fourth-order valence-corrected chi connectivity index (χ4v) is 6.70. The smallest absolute Gasteiger partial charge is 0.230 e. The first-order valence-electron chi connectivity index (χ1n) is 9.04. The summed E-state index contributed by atoms with van der Waals surface area (Å²) in [5.74, 6) is 1.47. The van der Waals surface area contributed by atoms with Crippen molar-refractivity contribution in [1.82, 2.24) is 0 Å². The molecule has 4 bridgehead atoms. The van der Waals surface area contributed by atoms with E-state index in [1.165, 1.54) is 6.42 Å². The van der Waals surface area contributed by atoms with Gasteiger partial charge in [-0.1, -0.05) is 36.4 Å². The van der Waals surface area contributed by atoms with Gasteiger partial charge < -0.3 is 5.32 Å². The first-order chi connectivity index (χ1) is 11.6. The van der Waals surface area contributed by atoms with Crippen molar-refractivity contribution >= 4 is 34.0 Å². The van der Waals surface area contributed by atoms with Gasteiger partial charge in [-0.25, -0.2) is 0 Å². The molecule has 0 spiro atoms. The van der Waals surface area contributed by atoms with Gasteiger partial charge in [0.2, 0.25) is 5.91 Å². The maximum atomic E-state index is 13.3. The zero-order valence-electron chi connectivity index (χ0n) is 13.7. The number of anilines is 1. The average Bonchev–Trinajstić information content (AvgIpc) is 2.53. The molecule has 0 aromatic heterocycles. The normalized spacial score (nSPS) is 36.9. The van der Waals surface area contributed by atoms with E-state index in [0.717, 1.165) is 48.6 Å². The Balaban J connectivity index is 1.48. The maximum absolute atomic E-state index is 13.3. The molecule has 3 heteroatoms. The van der Waals surface area contributed by atoms with E-state index >= 15 is 0 Å². The molecule has 2 aromatic carbocycles. The van der Waals surface area contributed by atoms with E-state index in [4.69, 9.17) is 11.6 Å². The Morgan fingerprint density at radius 1 is 1.00 bits per heavy atom. The number of carbonyl (C=O) groups excluding carboxylic acids is 1. The lowest BCUT2D eigenvalue weighted by Gasteiger charge is -2.59. The number of halogens is 1. The van der Waals surface area contributed by atoms with Gasteiger partial charge in [0.15, 0.2) is 0 Å². The van der Waals surface area contributed by atoms with Crippen LogP contribution in [0.5, 0.6) is 0 Å². The van der Waals surface area contributed by atoms with Crippen LogP contribution in [-0.2, 0) is 4.79 Å². The molecule has 4 aliphatic rings. The van der Waals surface area contributed by atoms with Crippen molar-refractivity contribution in [3.05, 3.63) is 42.5 Å². The Bertz CT molecular complexity index is 810. The van der Waals surface area contributed by atoms with Crippen molar-refractivity contribution in [2.75, 3.05) is 5.32 Å². The third kappa shape index (κ3) is 2.19. The number of fused-ring (bicyclic) bond motifs is 1. The third-order valence-corrected chi connectivity index (χ3v) is 6.95. The minimum atomic E-state index is -0.247. The molecule has 4 saturated carbocycles. The van der Waals surface area contributed by atoms with Crippen LogP contribution in [0.15, 0.2) is 42.5 Å². The molecule has 0 aliphatic heterocycles.